The zero-order valence-corrected chi connectivity index (χ0v) is 19.5. The molecule has 0 unspecified atom stereocenters. The fraction of sp³-hybridized carbons (Fsp3) is 0.185. The molecule has 1 amide bonds. The number of amides is 1. The number of rotatable bonds is 6. The maximum Gasteiger partial charge on any atom is 0.253 e. The maximum absolute atomic E-state index is 13.0. The fourth-order valence-electron chi connectivity index (χ4n) is 3.84. The van der Waals surface area contributed by atoms with Gasteiger partial charge in [0.2, 0.25) is 0 Å². The van der Waals surface area contributed by atoms with E-state index in [-0.39, 0.29) is 5.91 Å². The Balaban J connectivity index is 1.14. The van der Waals surface area contributed by atoms with Gasteiger partial charge in [-0.05, 0) is 67.1 Å². The Hall–Kier alpha value is -4.46. The molecule has 4 aromatic rings. The van der Waals surface area contributed by atoms with E-state index in [1.54, 1.807) is 6.20 Å². The minimum Gasteiger partial charge on any atom is -0.457 e. The molecular weight excluding hydrogens is 440 g/mol. The van der Waals surface area contributed by atoms with E-state index in [9.17, 15) is 4.79 Å². The monoisotopic (exact) mass is 466 g/mol. The van der Waals surface area contributed by atoms with Gasteiger partial charge in [-0.15, -0.1) is 10.2 Å². The number of benzene rings is 2. The number of piperazine rings is 1. The summed E-state index contributed by atoms with van der Waals surface area (Å²) < 4.78 is 5.82. The van der Waals surface area contributed by atoms with Crippen molar-refractivity contribution in [1.82, 2.24) is 20.1 Å². The Morgan fingerprint density at radius 2 is 1.51 bits per heavy atom. The van der Waals surface area contributed by atoms with Crippen molar-refractivity contribution in [3.05, 3.63) is 96.2 Å². The first-order valence-corrected chi connectivity index (χ1v) is 11.5. The number of ether oxygens (including phenoxy) is 1. The van der Waals surface area contributed by atoms with Crippen LogP contribution in [0.5, 0.6) is 11.5 Å². The van der Waals surface area contributed by atoms with E-state index in [0.717, 1.165) is 22.9 Å². The van der Waals surface area contributed by atoms with Crippen LogP contribution in [-0.2, 0) is 0 Å². The zero-order valence-electron chi connectivity index (χ0n) is 19.5. The molecule has 0 saturated carbocycles. The second-order valence-electron chi connectivity index (χ2n) is 8.34. The molecule has 5 rings (SSSR count). The van der Waals surface area contributed by atoms with Crippen molar-refractivity contribution in [1.29, 1.82) is 0 Å². The number of hydrogen-bond acceptors (Lipinski definition) is 7. The van der Waals surface area contributed by atoms with E-state index in [4.69, 9.17) is 4.74 Å². The predicted molar refractivity (Wildman–Crippen MR) is 135 cm³/mol. The average molecular weight is 467 g/mol. The minimum atomic E-state index is 0.0205. The summed E-state index contributed by atoms with van der Waals surface area (Å²) >= 11 is 0. The Labute approximate surface area is 204 Å². The van der Waals surface area contributed by atoms with Crippen LogP contribution in [0.15, 0.2) is 85.1 Å². The molecule has 35 heavy (non-hydrogen) atoms. The first-order valence-electron chi connectivity index (χ1n) is 11.5. The van der Waals surface area contributed by atoms with Gasteiger partial charge < -0.3 is 19.9 Å². The van der Waals surface area contributed by atoms with Gasteiger partial charge in [-0.1, -0.05) is 24.3 Å². The van der Waals surface area contributed by atoms with Crippen LogP contribution in [-0.4, -0.2) is 52.2 Å². The summed E-state index contributed by atoms with van der Waals surface area (Å²) in [6.07, 6.45) is 1.80. The summed E-state index contributed by atoms with van der Waals surface area (Å²) in [5.74, 6) is 3.64. The van der Waals surface area contributed by atoms with E-state index in [1.807, 2.05) is 90.7 Å². The third-order valence-electron chi connectivity index (χ3n) is 5.79. The lowest BCUT2D eigenvalue weighted by Crippen LogP contribution is -2.49. The van der Waals surface area contributed by atoms with Gasteiger partial charge in [0.05, 0.1) is 0 Å². The van der Waals surface area contributed by atoms with Crippen LogP contribution in [0.1, 0.15) is 15.9 Å². The summed E-state index contributed by atoms with van der Waals surface area (Å²) in [5, 5.41) is 11.8. The van der Waals surface area contributed by atoms with Crippen LogP contribution < -0.4 is 15.0 Å². The Bertz CT molecular complexity index is 1250. The van der Waals surface area contributed by atoms with E-state index in [2.05, 4.69) is 25.4 Å². The molecule has 0 atom stereocenters. The van der Waals surface area contributed by atoms with Gasteiger partial charge in [0.15, 0.2) is 11.6 Å². The number of aryl methyl sites for hydroxylation is 1. The van der Waals surface area contributed by atoms with Crippen LogP contribution in [0.2, 0.25) is 0 Å². The molecule has 8 nitrogen and oxygen atoms in total. The lowest BCUT2D eigenvalue weighted by molar-refractivity contribution is 0.0746. The Morgan fingerprint density at radius 3 is 2.17 bits per heavy atom. The van der Waals surface area contributed by atoms with Crippen molar-refractivity contribution in [2.45, 2.75) is 6.92 Å². The highest BCUT2D eigenvalue weighted by Crippen LogP contribution is 2.22. The van der Waals surface area contributed by atoms with Crippen molar-refractivity contribution in [2.75, 3.05) is 36.4 Å². The van der Waals surface area contributed by atoms with Gasteiger partial charge >= 0.3 is 0 Å². The minimum absolute atomic E-state index is 0.0205. The van der Waals surface area contributed by atoms with Crippen molar-refractivity contribution in [2.24, 2.45) is 0 Å². The molecule has 0 radical (unpaired) electrons. The van der Waals surface area contributed by atoms with Gasteiger partial charge in [0, 0.05) is 37.9 Å². The van der Waals surface area contributed by atoms with Crippen molar-refractivity contribution >= 4 is 23.4 Å². The Kier molecular flexibility index (Phi) is 6.52. The van der Waals surface area contributed by atoms with E-state index >= 15 is 0 Å². The highest BCUT2D eigenvalue weighted by Gasteiger charge is 2.23. The summed E-state index contributed by atoms with van der Waals surface area (Å²) in [7, 11) is 0. The number of nitrogens with one attached hydrogen (secondary N) is 1. The van der Waals surface area contributed by atoms with Gasteiger partial charge in [-0.2, -0.15) is 0 Å². The van der Waals surface area contributed by atoms with E-state index in [1.165, 1.54) is 0 Å². The molecule has 1 N–H and O–H groups in total. The number of hydrogen-bond donors (Lipinski definition) is 1. The quantitative estimate of drug-likeness (QED) is 0.442. The Morgan fingerprint density at radius 1 is 0.800 bits per heavy atom. The normalized spacial score (nSPS) is 13.4. The summed E-state index contributed by atoms with van der Waals surface area (Å²) in [5.41, 5.74) is 1.75. The second-order valence-corrected chi connectivity index (χ2v) is 8.34. The van der Waals surface area contributed by atoms with Crippen LogP contribution in [0.25, 0.3) is 0 Å². The largest absolute Gasteiger partial charge is 0.457 e. The van der Waals surface area contributed by atoms with Crippen LogP contribution in [0, 0.1) is 6.92 Å². The number of aromatic nitrogens is 3. The molecule has 0 spiro atoms. The maximum atomic E-state index is 13.0. The molecule has 1 aliphatic rings. The second kappa shape index (κ2) is 10.2. The molecule has 8 heteroatoms. The van der Waals surface area contributed by atoms with Crippen molar-refractivity contribution in [3.8, 4) is 11.5 Å². The van der Waals surface area contributed by atoms with Crippen LogP contribution in [0.4, 0.5) is 17.5 Å². The van der Waals surface area contributed by atoms with Crippen LogP contribution >= 0.6 is 0 Å². The van der Waals surface area contributed by atoms with E-state index in [0.29, 0.717) is 43.3 Å². The van der Waals surface area contributed by atoms with Gasteiger partial charge in [0.1, 0.15) is 17.3 Å². The molecule has 3 heterocycles. The topological polar surface area (TPSA) is 83.5 Å². The highest BCUT2D eigenvalue weighted by atomic mass is 16.5. The van der Waals surface area contributed by atoms with Crippen molar-refractivity contribution < 1.29 is 9.53 Å². The number of carbonyl (C=O) groups excluding carboxylic acids is 1. The lowest BCUT2D eigenvalue weighted by Gasteiger charge is -2.35. The lowest BCUT2D eigenvalue weighted by atomic mass is 10.1. The van der Waals surface area contributed by atoms with Gasteiger partial charge in [-0.3, -0.25) is 4.79 Å². The number of nitrogens with zero attached hydrogens (tertiary/aromatic N) is 5. The first kappa shape index (κ1) is 22.3. The fourth-order valence-corrected chi connectivity index (χ4v) is 3.84. The smallest absolute Gasteiger partial charge is 0.253 e. The molecule has 0 aliphatic carbocycles. The predicted octanol–water partition coefficient (Wildman–Crippen LogP) is 4.68. The van der Waals surface area contributed by atoms with Crippen LogP contribution in [0.3, 0.4) is 0 Å². The van der Waals surface area contributed by atoms with E-state index < -0.39 is 0 Å². The third kappa shape index (κ3) is 5.55. The number of para-hydroxylation sites is 1. The molecular formula is C27H26N6O2. The summed E-state index contributed by atoms with van der Waals surface area (Å²) in [6.45, 7) is 4.63. The van der Waals surface area contributed by atoms with Crippen molar-refractivity contribution in [3.63, 3.8) is 0 Å². The average Bonchev–Trinajstić information content (AvgIpc) is 2.91. The highest BCUT2D eigenvalue weighted by molar-refractivity contribution is 5.94. The molecule has 2 aromatic carbocycles. The zero-order chi connectivity index (χ0) is 24.0. The third-order valence-corrected chi connectivity index (χ3v) is 5.79. The molecule has 2 aromatic heterocycles. The number of carbonyl (C=O) groups is 1. The molecule has 1 fully saturated rings. The van der Waals surface area contributed by atoms with Gasteiger partial charge in [0.25, 0.3) is 5.91 Å². The number of pyridine rings is 1. The van der Waals surface area contributed by atoms with Gasteiger partial charge in [-0.25, -0.2) is 4.98 Å². The molecule has 1 saturated heterocycles. The molecule has 176 valence electrons. The first-order chi connectivity index (χ1) is 17.1. The number of anilines is 3. The summed E-state index contributed by atoms with van der Waals surface area (Å²) in [4.78, 5) is 21.3. The molecule has 1 aliphatic heterocycles. The SMILES string of the molecule is Cc1ccc(Nc2ccc(N3CCN(C(=O)c4ccc(Oc5ccccc5)cc4)CC3)nn2)nc1. The standard InChI is InChI=1S/C27H26N6O2/c1-20-7-12-24(28-19-20)29-25-13-14-26(31-30-25)32-15-17-33(18-16-32)27(34)21-8-10-23(11-9-21)35-22-5-3-2-4-6-22/h2-14,19H,15-18H2,1H3,(H,28,29,30). The summed E-state index contributed by atoms with van der Waals surface area (Å²) in [6, 6.07) is 24.6. The molecule has 0 bridgehead atoms.